The number of carbonyl (C=O) groups is 1. The van der Waals surface area contributed by atoms with Crippen molar-refractivity contribution in [2.24, 2.45) is 0 Å². The number of thioether (sulfide) groups is 1. The molecule has 2 aromatic heterocycles. The van der Waals surface area contributed by atoms with Crippen LogP contribution in [0.1, 0.15) is 43.2 Å². The molecule has 0 atom stereocenters. The second-order valence-corrected chi connectivity index (χ2v) is 10.4. The van der Waals surface area contributed by atoms with Gasteiger partial charge in [0.1, 0.15) is 17.3 Å². The van der Waals surface area contributed by atoms with Crippen LogP contribution in [0.15, 0.2) is 59.9 Å². The highest BCUT2D eigenvalue weighted by Gasteiger charge is 2.32. The van der Waals surface area contributed by atoms with Gasteiger partial charge in [-0.2, -0.15) is 5.10 Å². The summed E-state index contributed by atoms with van der Waals surface area (Å²) >= 11 is 1.68. The zero-order chi connectivity index (χ0) is 25.2. The maximum atomic E-state index is 13.5. The molecule has 2 aliphatic rings. The molecule has 8 nitrogen and oxygen atoms in total. The highest BCUT2D eigenvalue weighted by atomic mass is 32.2. The van der Waals surface area contributed by atoms with Crippen LogP contribution in [0.4, 0.5) is 5.82 Å². The molecule has 2 aliphatic heterocycles. The molecule has 9 heteroatoms. The van der Waals surface area contributed by atoms with Crippen molar-refractivity contribution >= 4 is 34.5 Å². The van der Waals surface area contributed by atoms with Crippen LogP contribution in [0.5, 0.6) is 11.5 Å². The number of anilines is 1. The van der Waals surface area contributed by atoms with E-state index in [1.165, 1.54) is 12.8 Å². The Morgan fingerprint density at radius 2 is 1.76 bits per heavy atom. The third kappa shape index (κ3) is 4.64. The molecule has 0 bridgehead atoms. The fourth-order valence-corrected chi connectivity index (χ4v) is 5.78. The molecule has 1 saturated heterocycles. The van der Waals surface area contributed by atoms with E-state index in [9.17, 15) is 4.79 Å². The smallest absolute Gasteiger partial charge is 0.232 e. The summed E-state index contributed by atoms with van der Waals surface area (Å²) in [6, 6.07) is 15.5. The Hall–Kier alpha value is -3.59. The lowest BCUT2D eigenvalue weighted by Gasteiger charge is -2.27. The third-order valence-corrected chi connectivity index (χ3v) is 7.91. The van der Waals surface area contributed by atoms with Gasteiger partial charge in [-0.1, -0.05) is 55.1 Å². The van der Waals surface area contributed by atoms with Gasteiger partial charge in [0.25, 0.3) is 0 Å². The van der Waals surface area contributed by atoms with Gasteiger partial charge < -0.3 is 15.0 Å². The number of nitrogens with one attached hydrogen (secondary N) is 1. The van der Waals surface area contributed by atoms with Crippen molar-refractivity contribution in [1.29, 1.82) is 0 Å². The van der Waals surface area contributed by atoms with Crippen LogP contribution < -0.4 is 15.0 Å². The van der Waals surface area contributed by atoms with Crippen molar-refractivity contribution in [3.63, 3.8) is 0 Å². The minimum atomic E-state index is -0.420. The molecule has 0 radical (unpaired) electrons. The number of para-hydroxylation sites is 2. The summed E-state index contributed by atoms with van der Waals surface area (Å²) in [5.41, 5.74) is 2.58. The number of hydrogen-bond donors (Lipinski definition) is 1. The molecule has 0 unspecified atom stereocenters. The topological polar surface area (TPSA) is 85.2 Å². The first-order chi connectivity index (χ1) is 18.2. The molecule has 0 spiro atoms. The fraction of sp³-hybridized carbons (Fsp3) is 0.357. The number of carbonyl (C=O) groups excluding carboxylic acids is 1. The van der Waals surface area contributed by atoms with Crippen molar-refractivity contribution in [3.8, 4) is 11.5 Å². The number of benzene rings is 2. The maximum Gasteiger partial charge on any atom is 0.232 e. The minimum absolute atomic E-state index is 0.0498. The molecule has 4 heterocycles. The first kappa shape index (κ1) is 23.8. The number of aromatic nitrogens is 4. The molecule has 0 saturated carbocycles. The highest BCUT2D eigenvalue weighted by molar-refractivity contribution is 7.99. The zero-order valence-corrected chi connectivity index (χ0v) is 21.7. The van der Waals surface area contributed by atoms with Gasteiger partial charge in [0.05, 0.1) is 24.0 Å². The number of ether oxygens (including phenoxy) is 1. The van der Waals surface area contributed by atoms with Crippen LogP contribution in [-0.2, 0) is 11.3 Å². The van der Waals surface area contributed by atoms with Gasteiger partial charge in [-0.05, 0) is 31.4 Å². The number of hydrogen-bond acceptors (Lipinski definition) is 7. The summed E-state index contributed by atoms with van der Waals surface area (Å²) < 4.78 is 7.94. The lowest BCUT2D eigenvalue weighted by molar-refractivity contribution is -0.121. The molecular formula is C28H30N6O2S. The maximum absolute atomic E-state index is 13.5. The van der Waals surface area contributed by atoms with Crippen LogP contribution >= 0.6 is 11.8 Å². The van der Waals surface area contributed by atoms with Gasteiger partial charge in [0, 0.05) is 36.5 Å². The van der Waals surface area contributed by atoms with Gasteiger partial charge >= 0.3 is 0 Å². The van der Waals surface area contributed by atoms with Gasteiger partial charge in [0.15, 0.2) is 10.8 Å². The Labute approximate surface area is 220 Å². The summed E-state index contributed by atoms with van der Waals surface area (Å²) in [7, 11) is 0. The molecule has 190 valence electrons. The van der Waals surface area contributed by atoms with Crippen molar-refractivity contribution in [1.82, 2.24) is 25.1 Å². The monoisotopic (exact) mass is 514 g/mol. The lowest BCUT2D eigenvalue weighted by Crippen LogP contribution is -2.34. The number of fused-ring (bicyclic) bond motifs is 3. The van der Waals surface area contributed by atoms with Gasteiger partial charge in [-0.25, -0.2) is 14.6 Å². The van der Waals surface area contributed by atoms with E-state index in [1.54, 1.807) is 11.8 Å². The van der Waals surface area contributed by atoms with Gasteiger partial charge in [-0.3, -0.25) is 4.79 Å². The van der Waals surface area contributed by atoms with E-state index >= 15 is 0 Å². The summed E-state index contributed by atoms with van der Waals surface area (Å²) in [6.07, 6.45) is 5.29. The zero-order valence-electron chi connectivity index (χ0n) is 20.9. The van der Waals surface area contributed by atoms with E-state index in [4.69, 9.17) is 14.7 Å². The van der Waals surface area contributed by atoms with Gasteiger partial charge in [0.2, 0.25) is 5.91 Å². The predicted molar refractivity (Wildman–Crippen MR) is 146 cm³/mol. The summed E-state index contributed by atoms with van der Waals surface area (Å²) in [5, 5.41) is 9.54. The van der Waals surface area contributed by atoms with Crippen molar-refractivity contribution < 1.29 is 9.53 Å². The number of rotatable bonds is 8. The van der Waals surface area contributed by atoms with Crippen LogP contribution in [0, 0.1) is 0 Å². The largest absolute Gasteiger partial charge is 0.457 e. The normalized spacial score (nSPS) is 14.9. The Bertz CT molecular complexity index is 1390. The first-order valence-electron chi connectivity index (χ1n) is 13.0. The second kappa shape index (κ2) is 10.4. The molecule has 4 aromatic rings. The summed E-state index contributed by atoms with van der Waals surface area (Å²) in [5.74, 6) is 2.93. The quantitative estimate of drug-likeness (QED) is 0.262. The number of nitrogens with zero attached hydrogens (tertiary/aromatic N) is 5. The molecule has 6 rings (SSSR count). The van der Waals surface area contributed by atoms with Crippen molar-refractivity contribution in [2.75, 3.05) is 30.3 Å². The van der Waals surface area contributed by atoms with E-state index < -0.39 is 5.92 Å². The van der Waals surface area contributed by atoms with E-state index in [-0.39, 0.29) is 5.91 Å². The lowest BCUT2D eigenvalue weighted by atomic mass is 9.87. The average molecular weight is 515 g/mol. The van der Waals surface area contributed by atoms with Crippen LogP contribution in [0.3, 0.4) is 0 Å². The average Bonchev–Trinajstić information content (AvgIpc) is 3.61. The van der Waals surface area contributed by atoms with E-state index in [0.717, 1.165) is 69.9 Å². The molecular weight excluding hydrogens is 484 g/mol. The van der Waals surface area contributed by atoms with Gasteiger partial charge in [-0.15, -0.1) is 0 Å². The first-order valence-corrected chi connectivity index (χ1v) is 14.0. The van der Waals surface area contributed by atoms with E-state index in [0.29, 0.717) is 13.1 Å². The standard InChI is InChI=1S/C28H30N6O2S/c1-2-17-37-28-31-25(33-14-7-8-15-33)21-18-30-34(26(21)32-28)16-13-29-27(35)24-19-9-3-5-11-22(19)36-23-12-6-4-10-20(23)24/h3-6,9-12,18,24H,2,7-8,13-17H2,1H3,(H,29,35). The molecule has 1 amide bonds. The fourth-order valence-electron chi connectivity index (χ4n) is 5.09. The summed E-state index contributed by atoms with van der Waals surface area (Å²) in [6.45, 7) is 5.15. The molecule has 0 aliphatic carbocycles. The number of amides is 1. The van der Waals surface area contributed by atoms with Crippen LogP contribution in [-0.4, -0.2) is 51.0 Å². The van der Waals surface area contributed by atoms with E-state index in [1.807, 2.05) is 59.4 Å². The Morgan fingerprint density at radius 3 is 2.46 bits per heavy atom. The Kier molecular flexibility index (Phi) is 6.70. The Balaban J connectivity index is 1.23. The SMILES string of the molecule is CCCSc1nc(N2CCCC2)c2cnn(CCNC(=O)C3c4ccccc4Oc4ccccc43)c2n1. The highest BCUT2D eigenvalue weighted by Crippen LogP contribution is 2.43. The molecule has 37 heavy (non-hydrogen) atoms. The third-order valence-electron chi connectivity index (χ3n) is 6.86. The van der Waals surface area contributed by atoms with E-state index in [2.05, 4.69) is 22.2 Å². The van der Waals surface area contributed by atoms with Crippen molar-refractivity contribution in [3.05, 3.63) is 65.9 Å². The molecule has 1 N–H and O–H groups in total. The molecule has 2 aromatic carbocycles. The predicted octanol–water partition coefficient (Wildman–Crippen LogP) is 4.98. The molecule has 1 fully saturated rings. The van der Waals surface area contributed by atoms with Crippen LogP contribution in [0.2, 0.25) is 0 Å². The van der Waals surface area contributed by atoms with Crippen LogP contribution in [0.25, 0.3) is 11.0 Å². The van der Waals surface area contributed by atoms with Crippen molar-refractivity contribution in [2.45, 2.75) is 43.8 Å². The second-order valence-electron chi connectivity index (χ2n) is 9.38. The minimum Gasteiger partial charge on any atom is -0.457 e. The summed E-state index contributed by atoms with van der Waals surface area (Å²) in [4.78, 5) is 25.6. The Morgan fingerprint density at radius 1 is 1.05 bits per heavy atom.